The van der Waals surface area contributed by atoms with Crippen molar-refractivity contribution in [2.75, 3.05) is 32.7 Å². The first-order valence-electron chi connectivity index (χ1n) is 8.61. The smallest absolute Gasteiger partial charge is 0.321 e. The summed E-state index contributed by atoms with van der Waals surface area (Å²) >= 11 is 0. The number of sulfonamides is 1. The van der Waals surface area contributed by atoms with Gasteiger partial charge in [-0.05, 0) is 19.4 Å². The van der Waals surface area contributed by atoms with E-state index in [9.17, 15) is 18.0 Å². The quantitative estimate of drug-likeness (QED) is 0.741. The Hall–Kier alpha value is -1.97. The third-order valence-electron chi connectivity index (χ3n) is 3.96. The molecule has 9 heteroatoms. The number of amides is 3. The molecule has 0 radical (unpaired) electrons. The van der Waals surface area contributed by atoms with E-state index < -0.39 is 22.0 Å². The van der Waals surface area contributed by atoms with E-state index in [0.717, 1.165) is 5.56 Å². The van der Waals surface area contributed by atoms with E-state index in [0.29, 0.717) is 26.2 Å². The number of urea groups is 1. The molecule has 0 saturated carbocycles. The number of piperazine rings is 1. The molecule has 1 aromatic carbocycles. The number of carbonyl (C=O) groups is 2. The summed E-state index contributed by atoms with van der Waals surface area (Å²) in [5.74, 6) is -0.423. The number of hydrogen-bond acceptors (Lipinski definition) is 5. The molecule has 8 nitrogen and oxygen atoms in total. The van der Waals surface area contributed by atoms with Gasteiger partial charge in [0.1, 0.15) is 0 Å². The molecule has 1 heterocycles. The van der Waals surface area contributed by atoms with Crippen LogP contribution in [0.2, 0.25) is 0 Å². The fraction of sp³-hybridized carbons (Fsp3) is 0.529. The van der Waals surface area contributed by atoms with Crippen LogP contribution in [-0.2, 0) is 20.6 Å². The Balaban J connectivity index is 1.79. The van der Waals surface area contributed by atoms with E-state index in [1.54, 1.807) is 26.0 Å². The van der Waals surface area contributed by atoms with Crippen LogP contribution in [-0.4, -0.2) is 68.3 Å². The molecule has 1 saturated heterocycles. The van der Waals surface area contributed by atoms with E-state index >= 15 is 0 Å². The molecule has 2 rings (SSSR count). The molecule has 26 heavy (non-hydrogen) atoms. The highest BCUT2D eigenvalue weighted by atomic mass is 32.2. The number of benzene rings is 1. The van der Waals surface area contributed by atoms with Crippen LogP contribution in [0.1, 0.15) is 19.4 Å². The van der Waals surface area contributed by atoms with Gasteiger partial charge in [0.15, 0.2) is 0 Å². The zero-order valence-electron chi connectivity index (χ0n) is 15.1. The van der Waals surface area contributed by atoms with Crippen molar-refractivity contribution in [3.63, 3.8) is 0 Å². The van der Waals surface area contributed by atoms with Gasteiger partial charge in [0.2, 0.25) is 15.9 Å². The summed E-state index contributed by atoms with van der Waals surface area (Å²) in [5, 5.41) is 4.85. The van der Waals surface area contributed by atoms with Crippen LogP contribution in [0.4, 0.5) is 4.79 Å². The Morgan fingerprint density at radius 2 is 1.69 bits per heavy atom. The minimum atomic E-state index is -3.38. The van der Waals surface area contributed by atoms with Crippen molar-refractivity contribution in [2.24, 2.45) is 0 Å². The summed E-state index contributed by atoms with van der Waals surface area (Å²) in [6.45, 7) is 5.25. The van der Waals surface area contributed by atoms with Gasteiger partial charge in [-0.25, -0.2) is 13.2 Å². The molecule has 0 spiro atoms. The summed E-state index contributed by atoms with van der Waals surface area (Å²) in [5.41, 5.74) is 0.755. The van der Waals surface area contributed by atoms with Crippen molar-refractivity contribution in [1.82, 2.24) is 19.8 Å². The van der Waals surface area contributed by atoms with Gasteiger partial charge in [-0.1, -0.05) is 30.3 Å². The molecule has 3 amide bonds. The van der Waals surface area contributed by atoms with E-state index in [-0.39, 0.29) is 18.3 Å². The first-order valence-corrected chi connectivity index (χ1v) is 10.2. The van der Waals surface area contributed by atoms with Crippen LogP contribution in [0.25, 0.3) is 0 Å². The van der Waals surface area contributed by atoms with Crippen LogP contribution in [0.3, 0.4) is 0 Å². The molecular formula is C17H26N4O4S. The van der Waals surface area contributed by atoms with Crippen LogP contribution in [0.15, 0.2) is 30.3 Å². The highest BCUT2D eigenvalue weighted by Crippen LogP contribution is 2.13. The van der Waals surface area contributed by atoms with Gasteiger partial charge in [0, 0.05) is 32.2 Å². The van der Waals surface area contributed by atoms with Gasteiger partial charge in [-0.2, -0.15) is 4.31 Å². The molecule has 0 atom stereocenters. The van der Waals surface area contributed by atoms with E-state index in [1.165, 1.54) is 4.31 Å². The molecule has 1 fully saturated rings. The fourth-order valence-electron chi connectivity index (χ4n) is 2.71. The lowest BCUT2D eigenvalue weighted by atomic mass is 10.2. The second-order valence-electron chi connectivity index (χ2n) is 6.59. The van der Waals surface area contributed by atoms with Crippen LogP contribution < -0.4 is 10.6 Å². The summed E-state index contributed by atoms with van der Waals surface area (Å²) < 4.78 is 26.5. The predicted octanol–water partition coefficient (Wildman–Crippen LogP) is 0.368. The maximum Gasteiger partial charge on any atom is 0.321 e. The Bertz CT molecular complexity index is 714. The second-order valence-corrected chi connectivity index (χ2v) is 8.56. The van der Waals surface area contributed by atoms with Gasteiger partial charge in [-0.3, -0.25) is 15.0 Å². The van der Waals surface area contributed by atoms with Gasteiger partial charge < -0.3 is 5.32 Å². The lowest BCUT2D eigenvalue weighted by molar-refractivity contribution is -0.121. The SMILES string of the molecule is CC(C)NC(=O)NC(=O)CN1CCN(S(=O)(=O)Cc2ccccc2)CC1. The highest BCUT2D eigenvalue weighted by molar-refractivity contribution is 7.88. The summed E-state index contributed by atoms with van der Waals surface area (Å²) in [6.07, 6.45) is 0. The Kier molecular flexibility index (Phi) is 7.13. The molecule has 1 aromatic rings. The number of imide groups is 1. The molecule has 2 N–H and O–H groups in total. The Labute approximate surface area is 154 Å². The summed E-state index contributed by atoms with van der Waals surface area (Å²) in [6, 6.07) is 8.49. The molecule has 144 valence electrons. The van der Waals surface area contributed by atoms with Gasteiger partial charge in [0.25, 0.3) is 0 Å². The van der Waals surface area contributed by atoms with Gasteiger partial charge in [0.05, 0.1) is 12.3 Å². The van der Waals surface area contributed by atoms with Gasteiger partial charge in [-0.15, -0.1) is 0 Å². The topological polar surface area (TPSA) is 98.8 Å². The van der Waals surface area contributed by atoms with Crippen molar-refractivity contribution in [1.29, 1.82) is 0 Å². The van der Waals surface area contributed by atoms with Crippen LogP contribution in [0.5, 0.6) is 0 Å². The number of hydrogen-bond donors (Lipinski definition) is 2. The molecule has 1 aliphatic heterocycles. The number of rotatable bonds is 6. The van der Waals surface area contributed by atoms with E-state index in [4.69, 9.17) is 0 Å². The van der Waals surface area contributed by atoms with Crippen molar-refractivity contribution in [2.45, 2.75) is 25.6 Å². The molecule has 0 unspecified atom stereocenters. The average molecular weight is 382 g/mol. The Morgan fingerprint density at radius 1 is 1.08 bits per heavy atom. The number of nitrogens with zero attached hydrogens (tertiary/aromatic N) is 2. The van der Waals surface area contributed by atoms with Crippen LogP contribution >= 0.6 is 0 Å². The molecule has 0 bridgehead atoms. The molecule has 1 aliphatic rings. The van der Waals surface area contributed by atoms with Crippen molar-refractivity contribution in [3.8, 4) is 0 Å². The molecular weight excluding hydrogens is 356 g/mol. The van der Waals surface area contributed by atoms with E-state index in [2.05, 4.69) is 10.6 Å². The first-order chi connectivity index (χ1) is 12.3. The van der Waals surface area contributed by atoms with Crippen LogP contribution in [0, 0.1) is 0 Å². The summed E-state index contributed by atoms with van der Waals surface area (Å²) in [4.78, 5) is 25.2. The highest BCUT2D eigenvalue weighted by Gasteiger charge is 2.28. The van der Waals surface area contributed by atoms with Crippen molar-refractivity contribution < 1.29 is 18.0 Å². The zero-order valence-corrected chi connectivity index (χ0v) is 16.0. The zero-order chi connectivity index (χ0) is 19.2. The maximum atomic E-state index is 12.5. The normalized spacial score (nSPS) is 16.4. The van der Waals surface area contributed by atoms with Crippen molar-refractivity contribution >= 4 is 22.0 Å². The average Bonchev–Trinajstić information content (AvgIpc) is 2.54. The monoisotopic (exact) mass is 382 g/mol. The predicted molar refractivity (Wildman–Crippen MR) is 98.9 cm³/mol. The lowest BCUT2D eigenvalue weighted by Gasteiger charge is -2.33. The number of carbonyl (C=O) groups excluding carboxylic acids is 2. The fourth-order valence-corrected chi connectivity index (χ4v) is 4.23. The standard InChI is InChI=1S/C17H26N4O4S/c1-14(2)18-17(23)19-16(22)12-20-8-10-21(11-9-20)26(24,25)13-15-6-4-3-5-7-15/h3-7,14H,8-13H2,1-2H3,(H2,18,19,22,23). The third kappa shape index (κ3) is 6.40. The maximum absolute atomic E-state index is 12.5. The van der Waals surface area contributed by atoms with Gasteiger partial charge >= 0.3 is 6.03 Å². The molecule has 0 aliphatic carbocycles. The minimum Gasteiger partial charge on any atom is -0.336 e. The largest absolute Gasteiger partial charge is 0.336 e. The first kappa shape index (κ1) is 20.3. The lowest BCUT2D eigenvalue weighted by Crippen LogP contribution is -2.52. The summed E-state index contributed by atoms with van der Waals surface area (Å²) in [7, 11) is -3.38. The van der Waals surface area contributed by atoms with Crippen molar-refractivity contribution in [3.05, 3.63) is 35.9 Å². The third-order valence-corrected chi connectivity index (χ3v) is 5.81. The minimum absolute atomic E-state index is 0.0241. The van der Waals surface area contributed by atoms with E-state index in [1.807, 2.05) is 23.1 Å². The Morgan fingerprint density at radius 3 is 2.27 bits per heavy atom. The molecule has 0 aromatic heterocycles. The second kappa shape index (κ2) is 9.11. The number of nitrogens with one attached hydrogen (secondary N) is 2.